The highest BCUT2D eigenvalue weighted by atomic mass is 35.5. The lowest BCUT2D eigenvalue weighted by molar-refractivity contribution is -0.0845. The molecule has 1 amide bonds. The molecule has 218 valence electrons. The van der Waals surface area contributed by atoms with Gasteiger partial charge >= 0.3 is 0 Å². The van der Waals surface area contributed by atoms with Crippen LogP contribution in [-0.4, -0.2) is 74.1 Å². The molecule has 2 N–H and O–H groups in total. The van der Waals surface area contributed by atoms with Crippen LogP contribution in [0.25, 0.3) is 0 Å². The van der Waals surface area contributed by atoms with Crippen molar-refractivity contribution in [2.24, 2.45) is 5.92 Å². The van der Waals surface area contributed by atoms with E-state index in [-0.39, 0.29) is 36.8 Å². The van der Waals surface area contributed by atoms with E-state index in [1.807, 2.05) is 6.92 Å². The topological polar surface area (TPSA) is 102 Å². The molecule has 2 aliphatic heterocycles. The van der Waals surface area contributed by atoms with Gasteiger partial charge in [-0.15, -0.1) is 0 Å². The number of ether oxygens (including phenoxy) is 4. The first kappa shape index (κ1) is 28.7. The first-order valence-electron chi connectivity index (χ1n) is 13.9. The quantitative estimate of drug-likeness (QED) is 0.465. The average Bonchev–Trinajstić information content (AvgIpc) is 2.93. The molecule has 40 heavy (non-hydrogen) atoms. The predicted octanol–water partition coefficient (Wildman–Crippen LogP) is 3.95. The van der Waals surface area contributed by atoms with Crippen LogP contribution in [0.4, 0.5) is 4.39 Å². The van der Waals surface area contributed by atoms with Gasteiger partial charge in [-0.1, -0.05) is 11.6 Å². The summed E-state index contributed by atoms with van der Waals surface area (Å²) >= 11 is 6.53. The fraction of sp³-hybridized carbons (Fsp3) is 0.586. The molecule has 0 unspecified atom stereocenters. The first-order valence-corrected chi connectivity index (χ1v) is 14.3. The normalized spacial score (nSPS) is 23.0. The Bertz CT molecular complexity index is 1290. The Balaban J connectivity index is 1.21. The zero-order valence-corrected chi connectivity index (χ0v) is 23.9. The van der Waals surface area contributed by atoms with E-state index in [2.05, 4.69) is 15.2 Å². The molecule has 3 aliphatic rings. The SMILES string of the molecule is COc1cc(C)[nH]c(=O)c1CNC(=O)c1cc(Cl)c2c(c1C)O[C@@H](C1CCC(N3CC(OCCF)C3)CC1)CO2. The Morgan fingerprint density at radius 1 is 1.20 bits per heavy atom. The standard InChI is InChI=1S/C29H37ClFN3O6/c1-16-10-24(37-3)22(29(36)33-16)12-32-28(35)21-11-23(30)27-26(17(21)2)40-25(15-39-27)18-4-6-19(7-5-18)34-13-20(14-34)38-9-8-31/h10-11,18-20,25H,4-9,12-15H2,1-3H3,(H,32,35)(H,33,36)/t18?,19?,25-/m1/s1. The van der Waals surface area contributed by atoms with E-state index in [0.717, 1.165) is 38.8 Å². The zero-order chi connectivity index (χ0) is 28.4. The number of hydrogen-bond acceptors (Lipinski definition) is 7. The number of amides is 1. The number of carbonyl (C=O) groups is 1. The highest BCUT2D eigenvalue weighted by Crippen LogP contribution is 2.45. The maximum Gasteiger partial charge on any atom is 0.256 e. The molecule has 0 spiro atoms. The summed E-state index contributed by atoms with van der Waals surface area (Å²) in [5.74, 6) is 1.32. The first-order chi connectivity index (χ1) is 19.3. The molecule has 0 radical (unpaired) electrons. The fourth-order valence-electron chi connectivity index (χ4n) is 6.02. The second kappa shape index (κ2) is 12.4. The van der Waals surface area contributed by atoms with Crippen molar-refractivity contribution in [1.82, 2.24) is 15.2 Å². The summed E-state index contributed by atoms with van der Waals surface area (Å²) in [4.78, 5) is 30.8. The minimum Gasteiger partial charge on any atom is -0.496 e. The van der Waals surface area contributed by atoms with E-state index < -0.39 is 6.67 Å². The van der Waals surface area contributed by atoms with Crippen LogP contribution in [0.2, 0.25) is 5.02 Å². The molecule has 0 bridgehead atoms. The molecule has 1 aromatic carbocycles. The second-order valence-corrected chi connectivity index (χ2v) is 11.3. The van der Waals surface area contributed by atoms with Crippen LogP contribution < -0.4 is 25.1 Å². The van der Waals surface area contributed by atoms with Crippen molar-refractivity contribution in [3.8, 4) is 17.2 Å². The lowest BCUT2D eigenvalue weighted by Crippen LogP contribution is -2.57. The Labute approximate surface area is 238 Å². The highest BCUT2D eigenvalue weighted by Gasteiger charge is 2.39. The Morgan fingerprint density at radius 3 is 2.65 bits per heavy atom. The number of nitrogens with zero attached hydrogens (tertiary/aromatic N) is 1. The largest absolute Gasteiger partial charge is 0.496 e. The summed E-state index contributed by atoms with van der Waals surface area (Å²) in [6.07, 6.45) is 4.18. The van der Waals surface area contributed by atoms with Gasteiger partial charge in [0.25, 0.3) is 11.5 Å². The van der Waals surface area contributed by atoms with Gasteiger partial charge in [-0.05, 0) is 57.6 Å². The molecule has 2 fully saturated rings. The molecule has 1 aromatic heterocycles. The monoisotopic (exact) mass is 577 g/mol. The molecule has 5 rings (SSSR count). The van der Waals surface area contributed by atoms with Gasteiger partial charge in [-0.25, -0.2) is 4.39 Å². The Kier molecular flexibility index (Phi) is 8.87. The number of pyridine rings is 1. The van der Waals surface area contributed by atoms with Crippen LogP contribution in [0.5, 0.6) is 17.2 Å². The number of aromatic amines is 1. The number of likely N-dealkylation sites (tertiary alicyclic amines) is 1. The second-order valence-electron chi connectivity index (χ2n) is 10.9. The van der Waals surface area contributed by atoms with Crippen molar-refractivity contribution in [3.63, 3.8) is 0 Å². The van der Waals surface area contributed by atoms with Gasteiger partial charge in [0, 0.05) is 36.0 Å². The van der Waals surface area contributed by atoms with E-state index in [4.69, 9.17) is 30.5 Å². The van der Waals surface area contributed by atoms with Gasteiger partial charge in [0.05, 0.1) is 37.0 Å². The van der Waals surface area contributed by atoms with E-state index in [9.17, 15) is 14.0 Å². The number of carbonyl (C=O) groups excluding carboxylic acids is 1. The fourth-order valence-corrected chi connectivity index (χ4v) is 6.27. The number of alkyl halides is 1. The number of halogens is 2. The number of H-pyrrole nitrogens is 1. The number of aryl methyl sites for hydroxylation is 1. The van der Waals surface area contributed by atoms with E-state index in [0.29, 0.717) is 63.2 Å². The number of aromatic nitrogens is 1. The van der Waals surface area contributed by atoms with Crippen LogP contribution in [-0.2, 0) is 11.3 Å². The van der Waals surface area contributed by atoms with Crippen LogP contribution in [0.15, 0.2) is 16.9 Å². The number of fused-ring (bicyclic) bond motifs is 1. The van der Waals surface area contributed by atoms with Crippen LogP contribution in [0.3, 0.4) is 0 Å². The zero-order valence-electron chi connectivity index (χ0n) is 23.2. The van der Waals surface area contributed by atoms with Crippen molar-refractivity contribution in [1.29, 1.82) is 0 Å². The average molecular weight is 578 g/mol. The number of rotatable bonds is 9. The predicted molar refractivity (Wildman–Crippen MR) is 149 cm³/mol. The minimum absolute atomic E-state index is 0.00523. The maximum atomic E-state index is 13.2. The molecule has 11 heteroatoms. The third-order valence-corrected chi connectivity index (χ3v) is 8.59. The summed E-state index contributed by atoms with van der Waals surface area (Å²) in [6.45, 7) is 5.48. The van der Waals surface area contributed by atoms with Gasteiger partial charge in [0.1, 0.15) is 25.1 Å². The van der Waals surface area contributed by atoms with Crippen molar-refractivity contribution in [2.45, 2.75) is 64.3 Å². The Morgan fingerprint density at radius 2 is 1.95 bits per heavy atom. The summed E-state index contributed by atoms with van der Waals surface area (Å²) < 4.78 is 35.7. The van der Waals surface area contributed by atoms with Gasteiger partial charge in [-0.2, -0.15) is 0 Å². The highest BCUT2D eigenvalue weighted by molar-refractivity contribution is 6.32. The van der Waals surface area contributed by atoms with Gasteiger partial charge in [-0.3, -0.25) is 14.5 Å². The molecule has 2 aromatic rings. The minimum atomic E-state index is -0.436. The summed E-state index contributed by atoms with van der Waals surface area (Å²) in [5, 5.41) is 3.12. The molecule has 3 heterocycles. The summed E-state index contributed by atoms with van der Waals surface area (Å²) in [7, 11) is 1.49. The van der Waals surface area contributed by atoms with E-state index >= 15 is 0 Å². The van der Waals surface area contributed by atoms with Crippen LogP contribution in [0.1, 0.15) is 52.9 Å². The van der Waals surface area contributed by atoms with Gasteiger partial charge in [0.2, 0.25) is 0 Å². The van der Waals surface area contributed by atoms with Gasteiger partial charge in [0.15, 0.2) is 11.5 Å². The lowest BCUT2D eigenvalue weighted by Gasteiger charge is -2.47. The molecule has 1 saturated heterocycles. The van der Waals surface area contributed by atoms with Crippen LogP contribution in [0, 0.1) is 19.8 Å². The molecular formula is C29H37ClFN3O6. The number of nitrogens with one attached hydrogen (secondary N) is 2. The van der Waals surface area contributed by atoms with Crippen LogP contribution >= 0.6 is 11.6 Å². The Hall–Kier alpha value is -2.82. The third kappa shape index (κ3) is 5.94. The number of hydrogen-bond donors (Lipinski definition) is 2. The van der Waals surface area contributed by atoms with Crippen molar-refractivity contribution >= 4 is 17.5 Å². The molecule has 1 saturated carbocycles. The van der Waals surface area contributed by atoms with Crippen molar-refractivity contribution in [3.05, 3.63) is 49.9 Å². The number of methoxy groups -OCH3 is 1. The third-order valence-electron chi connectivity index (χ3n) is 8.31. The molecular weight excluding hydrogens is 541 g/mol. The van der Waals surface area contributed by atoms with Crippen molar-refractivity contribution < 1.29 is 28.1 Å². The summed E-state index contributed by atoms with van der Waals surface area (Å²) in [5.41, 5.74) is 1.69. The molecule has 9 nitrogen and oxygen atoms in total. The van der Waals surface area contributed by atoms with Crippen molar-refractivity contribution in [2.75, 3.05) is 40.1 Å². The van der Waals surface area contributed by atoms with E-state index in [1.54, 1.807) is 19.1 Å². The van der Waals surface area contributed by atoms with Gasteiger partial charge < -0.3 is 29.2 Å². The smallest absolute Gasteiger partial charge is 0.256 e. The number of benzene rings is 1. The maximum absolute atomic E-state index is 13.2. The molecule has 1 aliphatic carbocycles. The lowest BCUT2D eigenvalue weighted by atomic mass is 9.81. The van der Waals surface area contributed by atoms with E-state index in [1.165, 1.54) is 7.11 Å². The molecule has 1 atom stereocenters. The summed E-state index contributed by atoms with van der Waals surface area (Å²) in [6, 6.07) is 3.81.